The molecule has 2 atom stereocenters. The Morgan fingerprint density at radius 2 is 2.11 bits per heavy atom. The van der Waals surface area contributed by atoms with Gasteiger partial charge in [-0.3, -0.25) is 11.3 Å². The Hall–Kier alpha value is -1.05. The highest BCUT2D eigenvalue weighted by Gasteiger charge is 2.30. The lowest BCUT2D eigenvalue weighted by Crippen LogP contribution is -2.30. The zero-order chi connectivity index (χ0) is 14.0. The van der Waals surface area contributed by atoms with E-state index in [2.05, 4.69) is 5.43 Å². The second-order valence-corrected chi connectivity index (χ2v) is 7.13. The van der Waals surface area contributed by atoms with Gasteiger partial charge >= 0.3 is 0 Å². The second kappa shape index (κ2) is 5.52. The molecular weight excluding hydrogens is 274 g/mol. The molecule has 1 aromatic rings. The van der Waals surface area contributed by atoms with Crippen LogP contribution in [0.15, 0.2) is 18.2 Å². The minimum absolute atomic E-state index is 0.000774. The fourth-order valence-electron chi connectivity index (χ4n) is 2.42. The molecule has 2 rings (SSSR count). The second-order valence-electron chi connectivity index (χ2n) is 4.90. The maximum atomic E-state index is 13.2. The van der Waals surface area contributed by atoms with Gasteiger partial charge in [-0.05, 0) is 36.5 Å². The number of halogens is 2. The van der Waals surface area contributed by atoms with Crippen LogP contribution in [0.2, 0.25) is 0 Å². The van der Waals surface area contributed by atoms with Crippen LogP contribution in [-0.4, -0.2) is 19.9 Å². The van der Waals surface area contributed by atoms with Gasteiger partial charge in [0.15, 0.2) is 21.5 Å². The molecule has 1 fully saturated rings. The van der Waals surface area contributed by atoms with Crippen molar-refractivity contribution in [2.75, 3.05) is 11.5 Å². The van der Waals surface area contributed by atoms with Crippen molar-refractivity contribution in [2.24, 2.45) is 11.8 Å². The molecule has 0 saturated carbocycles. The van der Waals surface area contributed by atoms with Gasteiger partial charge in [0.1, 0.15) is 0 Å². The molecule has 19 heavy (non-hydrogen) atoms. The van der Waals surface area contributed by atoms with E-state index >= 15 is 0 Å². The highest BCUT2D eigenvalue weighted by Crippen LogP contribution is 2.29. The lowest BCUT2D eigenvalue weighted by Gasteiger charge is -2.19. The zero-order valence-corrected chi connectivity index (χ0v) is 11.1. The minimum Gasteiger partial charge on any atom is -0.271 e. The summed E-state index contributed by atoms with van der Waals surface area (Å²) in [6, 6.07) is 3.20. The molecule has 1 heterocycles. The molecule has 2 unspecified atom stereocenters. The Kier molecular flexibility index (Phi) is 4.17. The molecule has 4 nitrogen and oxygen atoms in total. The van der Waals surface area contributed by atoms with Crippen molar-refractivity contribution in [3.8, 4) is 0 Å². The van der Waals surface area contributed by atoms with Crippen LogP contribution in [0.1, 0.15) is 24.4 Å². The Bertz CT molecular complexity index is 563. The van der Waals surface area contributed by atoms with Crippen molar-refractivity contribution in [2.45, 2.75) is 18.9 Å². The summed E-state index contributed by atoms with van der Waals surface area (Å²) in [4.78, 5) is 0. The van der Waals surface area contributed by atoms with E-state index in [1.54, 1.807) is 0 Å². The molecule has 3 N–H and O–H groups in total. The Balaban J connectivity index is 2.10. The molecule has 106 valence electrons. The summed E-state index contributed by atoms with van der Waals surface area (Å²) >= 11 is 0. The zero-order valence-electron chi connectivity index (χ0n) is 10.3. The predicted octanol–water partition coefficient (Wildman–Crippen LogP) is 1.29. The van der Waals surface area contributed by atoms with Gasteiger partial charge in [-0.15, -0.1) is 0 Å². The fourth-order valence-corrected chi connectivity index (χ4v) is 4.30. The molecule has 0 aliphatic carbocycles. The molecule has 1 saturated heterocycles. The molecule has 0 aromatic heterocycles. The summed E-state index contributed by atoms with van der Waals surface area (Å²) in [5, 5.41) is 0. The number of hydrogen-bond donors (Lipinski definition) is 2. The lowest BCUT2D eigenvalue weighted by atomic mass is 9.94. The van der Waals surface area contributed by atoms with Crippen LogP contribution in [0.3, 0.4) is 0 Å². The normalized spacial score (nSPS) is 23.4. The third kappa shape index (κ3) is 3.49. The molecule has 1 aromatic carbocycles. The third-order valence-electron chi connectivity index (χ3n) is 3.44. The molecule has 1 aliphatic rings. The van der Waals surface area contributed by atoms with Crippen molar-refractivity contribution in [1.29, 1.82) is 0 Å². The van der Waals surface area contributed by atoms with Gasteiger partial charge in [0.2, 0.25) is 0 Å². The largest absolute Gasteiger partial charge is 0.271 e. The van der Waals surface area contributed by atoms with Crippen molar-refractivity contribution in [3.05, 3.63) is 35.4 Å². The molecule has 7 heteroatoms. The van der Waals surface area contributed by atoms with Gasteiger partial charge in [-0.2, -0.15) is 0 Å². The molecule has 1 aliphatic heterocycles. The van der Waals surface area contributed by atoms with E-state index in [0.717, 1.165) is 12.1 Å². The third-order valence-corrected chi connectivity index (χ3v) is 5.28. The highest BCUT2D eigenvalue weighted by molar-refractivity contribution is 7.91. The molecular formula is C12H16F2N2O2S. The molecule has 0 spiro atoms. The summed E-state index contributed by atoms with van der Waals surface area (Å²) in [6.45, 7) is 0. The van der Waals surface area contributed by atoms with Crippen LogP contribution < -0.4 is 11.3 Å². The first-order valence-electron chi connectivity index (χ1n) is 6.03. The molecule has 0 amide bonds. The number of nitrogens with two attached hydrogens (primary N) is 1. The van der Waals surface area contributed by atoms with Gasteiger partial charge in [-0.25, -0.2) is 17.2 Å². The van der Waals surface area contributed by atoms with Crippen LogP contribution in [0.5, 0.6) is 0 Å². The Morgan fingerprint density at radius 3 is 2.63 bits per heavy atom. The van der Waals surface area contributed by atoms with Crippen LogP contribution in [-0.2, 0) is 9.84 Å². The Morgan fingerprint density at radius 1 is 1.37 bits per heavy atom. The molecule has 0 radical (unpaired) electrons. The summed E-state index contributed by atoms with van der Waals surface area (Å²) < 4.78 is 48.8. The first-order chi connectivity index (χ1) is 8.91. The summed E-state index contributed by atoms with van der Waals surface area (Å²) in [5.74, 6) is 3.90. The van der Waals surface area contributed by atoms with E-state index in [9.17, 15) is 17.2 Å². The number of hydrazine groups is 1. The number of rotatable bonds is 4. The van der Waals surface area contributed by atoms with Crippen LogP contribution in [0.25, 0.3) is 0 Å². The standard InChI is InChI=1S/C12H16F2N2O2S/c13-10-2-1-9(6-11(10)14)12(16-15)5-8-3-4-19(17,18)7-8/h1-2,6,8,12,16H,3-5,7,15H2. The lowest BCUT2D eigenvalue weighted by molar-refractivity contribution is 0.417. The van der Waals surface area contributed by atoms with E-state index in [1.165, 1.54) is 6.07 Å². The number of hydrogen-bond acceptors (Lipinski definition) is 4. The van der Waals surface area contributed by atoms with Crippen LogP contribution >= 0.6 is 0 Å². The summed E-state index contributed by atoms with van der Waals surface area (Å²) in [5.41, 5.74) is 3.05. The average molecular weight is 290 g/mol. The van der Waals surface area contributed by atoms with E-state index in [1.807, 2.05) is 0 Å². The minimum atomic E-state index is -2.95. The summed E-state index contributed by atoms with van der Waals surface area (Å²) in [6.07, 6.45) is 1.07. The number of sulfone groups is 1. The SMILES string of the molecule is NNC(CC1CCS(=O)(=O)C1)c1ccc(F)c(F)c1. The maximum absolute atomic E-state index is 13.2. The van der Waals surface area contributed by atoms with E-state index in [4.69, 9.17) is 5.84 Å². The van der Waals surface area contributed by atoms with Gasteiger partial charge in [0.25, 0.3) is 0 Å². The predicted molar refractivity (Wildman–Crippen MR) is 67.8 cm³/mol. The van der Waals surface area contributed by atoms with Crippen LogP contribution in [0.4, 0.5) is 8.78 Å². The van der Waals surface area contributed by atoms with Gasteiger partial charge in [0.05, 0.1) is 11.5 Å². The van der Waals surface area contributed by atoms with Crippen molar-refractivity contribution < 1.29 is 17.2 Å². The number of nitrogens with one attached hydrogen (secondary N) is 1. The van der Waals surface area contributed by atoms with E-state index < -0.39 is 21.5 Å². The quantitative estimate of drug-likeness (QED) is 0.647. The number of benzene rings is 1. The fraction of sp³-hybridized carbons (Fsp3) is 0.500. The average Bonchev–Trinajstić information content (AvgIpc) is 2.69. The molecule has 0 bridgehead atoms. The highest BCUT2D eigenvalue weighted by atomic mass is 32.2. The van der Waals surface area contributed by atoms with Crippen molar-refractivity contribution in [3.63, 3.8) is 0 Å². The van der Waals surface area contributed by atoms with E-state index in [-0.39, 0.29) is 23.5 Å². The smallest absolute Gasteiger partial charge is 0.159 e. The van der Waals surface area contributed by atoms with Gasteiger partial charge in [0, 0.05) is 6.04 Å². The van der Waals surface area contributed by atoms with Gasteiger partial charge < -0.3 is 0 Å². The van der Waals surface area contributed by atoms with Gasteiger partial charge in [-0.1, -0.05) is 6.07 Å². The van der Waals surface area contributed by atoms with Crippen molar-refractivity contribution >= 4 is 9.84 Å². The van der Waals surface area contributed by atoms with E-state index in [0.29, 0.717) is 18.4 Å². The maximum Gasteiger partial charge on any atom is 0.159 e. The monoisotopic (exact) mass is 290 g/mol. The first kappa shape index (κ1) is 14.4. The topological polar surface area (TPSA) is 72.2 Å². The van der Waals surface area contributed by atoms with Crippen LogP contribution in [0, 0.1) is 17.6 Å². The first-order valence-corrected chi connectivity index (χ1v) is 7.85. The summed E-state index contributed by atoms with van der Waals surface area (Å²) in [7, 11) is -2.95. The van der Waals surface area contributed by atoms with Crippen molar-refractivity contribution in [1.82, 2.24) is 5.43 Å². The Labute approximate surface area is 110 Å².